The first-order valence-corrected chi connectivity index (χ1v) is 22.1. The maximum Gasteiger partial charge on any atom is 0.164 e. The summed E-state index contributed by atoms with van der Waals surface area (Å²) >= 11 is 0. The lowest BCUT2D eigenvalue weighted by Crippen LogP contribution is -2.40. The third-order valence-electron chi connectivity index (χ3n) is 13.6. The minimum absolute atomic E-state index is 0.249. The first-order valence-electron chi connectivity index (χ1n) is 22.1. The van der Waals surface area contributed by atoms with Gasteiger partial charge >= 0.3 is 0 Å². The fourth-order valence-electron chi connectivity index (χ4n) is 10.5. The Hall–Kier alpha value is -8.01. The summed E-state index contributed by atoms with van der Waals surface area (Å²) in [5.41, 5.74) is 19.7. The molecule has 0 aliphatic heterocycles. The number of rotatable bonds is 6. The standard InChI is InChI=1S/C61H43N3/c1-60(2)53-26-13-14-27-54(53)61(51-24-11-9-22-49(51)50-23-10-12-25-52(50)61)55-37-36-47(39-56(55)60)46-20-15-21-48(38-46)59-63-57(44-32-28-42(29-33-44)40-16-5-3-6-17-40)62-58(64-59)45-34-30-43(31-35-45)41-18-7-4-8-19-41/h3-39H,1-2H3. The molecule has 1 spiro atoms. The van der Waals surface area contributed by atoms with Crippen LogP contribution in [0.1, 0.15) is 47.2 Å². The smallest absolute Gasteiger partial charge is 0.164 e. The molecule has 0 fully saturated rings. The van der Waals surface area contributed by atoms with Crippen LogP contribution >= 0.6 is 0 Å². The van der Waals surface area contributed by atoms with E-state index in [-0.39, 0.29) is 5.41 Å². The summed E-state index contributed by atoms with van der Waals surface area (Å²) in [6.45, 7) is 4.77. The summed E-state index contributed by atoms with van der Waals surface area (Å²) in [4.78, 5) is 15.5. The molecule has 0 amide bonds. The van der Waals surface area contributed by atoms with Crippen molar-refractivity contribution in [2.45, 2.75) is 24.7 Å². The molecule has 1 heterocycles. The summed E-state index contributed by atoms with van der Waals surface area (Å²) < 4.78 is 0. The van der Waals surface area contributed by atoms with Gasteiger partial charge in [-0.15, -0.1) is 0 Å². The van der Waals surface area contributed by atoms with Crippen LogP contribution in [0.4, 0.5) is 0 Å². The molecule has 64 heavy (non-hydrogen) atoms. The maximum absolute atomic E-state index is 5.19. The van der Waals surface area contributed by atoms with Gasteiger partial charge in [0.1, 0.15) is 0 Å². The fourth-order valence-corrected chi connectivity index (χ4v) is 10.5. The van der Waals surface area contributed by atoms with Crippen molar-refractivity contribution >= 4 is 0 Å². The lowest BCUT2D eigenvalue weighted by Gasteiger charge is -2.46. The van der Waals surface area contributed by atoms with Crippen molar-refractivity contribution < 1.29 is 0 Å². The highest BCUT2D eigenvalue weighted by atomic mass is 15.0. The molecule has 10 aromatic rings. The quantitative estimate of drug-likeness (QED) is 0.168. The molecule has 3 nitrogen and oxygen atoms in total. The van der Waals surface area contributed by atoms with E-state index in [0.29, 0.717) is 17.5 Å². The highest BCUT2D eigenvalue weighted by molar-refractivity contribution is 5.89. The van der Waals surface area contributed by atoms with Gasteiger partial charge in [-0.25, -0.2) is 15.0 Å². The molecule has 2 aliphatic rings. The SMILES string of the molecule is CC1(C)c2ccccc2C2(c3ccccc3-c3ccccc32)c2ccc(-c3cccc(-c4nc(-c5ccc(-c6ccccc6)cc5)nc(-c5ccc(-c6ccccc6)cc5)n4)c3)cc21. The molecule has 0 radical (unpaired) electrons. The number of hydrogen-bond donors (Lipinski definition) is 0. The second kappa shape index (κ2) is 14.8. The van der Waals surface area contributed by atoms with Gasteiger partial charge in [-0.1, -0.05) is 226 Å². The summed E-state index contributed by atoms with van der Waals surface area (Å²) in [7, 11) is 0. The van der Waals surface area contributed by atoms with Gasteiger partial charge in [-0.05, 0) is 90.0 Å². The van der Waals surface area contributed by atoms with Crippen molar-refractivity contribution in [1.29, 1.82) is 0 Å². The zero-order chi connectivity index (χ0) is 42.8. The normalized spacial score (nSPS) is 13.7. The zero-order valence-electron chi connectivity index (χ0n) is 35.7. The lowest BCUT2D eigenvalue weighted by atomic mass is 9.55. The molecule has 0 saturated heterocycles. The molecule has 0 bridgehead atoms. The summed E-state index contributed by atoms with van der Waals surface area (Å²) in [5, 5.41) is 0. The Kier molecular flexibility index (Phi) is 8.74. The first-order chi connectivity index (χ1) is 31.5. The monoisotopic (exact) mass is 817 g/mol. The van der Waals surface area contributed by atoms with Gasteiger partial charge in [-0.3, -0.25) is 0 Å². The van der Waals surface area contributed by atoms with Crippen LogP contribution in [0.25, 0.3) is 78.7 Å². The van der Waals surface area contributed by atoms with Crippen molar-refractivity contribution in [1.82, 2.24) is 15.0 Å². The minimum atomic E-state index is -0.425. The number of aromatic nitrogens is 3. The summed E-state index contributed by atoms with van der Waals surface area (Å²) in [5.74, 6) is 1.90. The topological polar surface area (TPSA) is 38.7 Å². The van der Waals surface area contributed by atoms with Crippen LogP contribution in [-0.4, -0.2) is 15.0 Å². The highest BCUT2D eigenvalue weighted by Gasteiger charge is 2.53. The second-order valence-electron chi connectivity index (χ2n) is 17.5. The van der Waals surface area contributed by atoms with Crippen molar-refractivity contribution in [3.05, 3.63) is 258 Å². The summed E-state index contributed by atoms with van der Waals surface area (Å²) in [6.07, 6.45) is 0. The van der Waals surface area contributed by atoms with Gasteiger partial charge in [0, 0.05) is 22.1 Å². The number of hydrogen-bond acceptors (Lipinski definition) is 3. The van der Waals surface area contributed by atoms with E-state index >= 15 is 0 Å². The third kappa shape index (κ3) is 5.92. The van der Waals surface area contributed by atoms with E-state index in [0.717, 1.165) is 38.9 Å². The molecule has 0 atom stereocenters. The van der Waals surface area contributed by atoms with Crippen LogP contribution in [0.2, 0.25) is 0 Å². The van der Waals surface area contributed by atoms with Crippen molar-refractivity contribution in [3.8, 4) is 78.7 Å². The van der Waals surface area contributed by atoms with Crippen LogP contribution in [0, 0.1) is 0 Å². The van der Waals surface area contributed by atoms with E-state index in [1.165, 1.54) is 55.6 Å². The van der Waals surface area contributed by atoms with Gasteiger partial charge in [0.05, 0.1) is 5.41 Å². The van der Waals surface area contributed by atoms with Crippen molar-refractivity contribution in [3.63, 3.8) is 0 Å². The van der Waals surface area contributed by atoms with Gasteiger partial charge < -0.3 is 0 Å². The predicted molar refractivity (Wildman–Crippen MR) is 262 cm³/mol. The second-order valence-corrected chi connectivity index (χ2v) is 17.5. The molecule has 302 valence electrons. The molecule has 3 heteroatoms. The van der Waals surface area contributed by atoms with E-state index < -0.39 is 5.41 Å². The Morgan fingerprint density at radius 3 is 1.16 bits per heavy atom. The molecular weight excluding hydrogens is 775 g/mol. The Labute approximate surface area is 374 Å². The number of nitrogens with zero attached hydrogens (tertiary/aromatic N) is 3. The van der Waals surface area contributed by atoms with Gasteiger partial charge in [-0.2, -0.15) is 0 Å². The minimum Gasteiger partial charge on any atom is -0.208 e. The lowest BCUT2D eigenvalue weighted by molar-refractivity contribution is 0.563. The molecule has 2 aliphatic carbocycles. The molecule has 0 N–H and O–H groups in total. The molecule has 0 saturated carbocycles. The Morgan fingerprint density at radius 2 is 0.609 bits per heavy atom. The molecule has 12 rings (SSSR count). The van der Waals surface area contributed by atoms with Crippen molar-refractivity contribution in [2.75, 3.05) is 0 Å². The van der Waals surface area contributed by atoms with Crippen LogP contribution in [-0.2, 0) is 10.8 Å². The largest absolute Gasteiger partial charge is 0.208 e. The maximum atomic E-state index is 5.19. The fraction of sp³-hybridized carbons (Fsp3) is 0.0656. The first kappa shape index (κ1) is 37.7. The van der Waals surface area contributed by atoms with Crippen LogP contribution in [0.5, 0.6) is 0 Å². The number of fused-ring (bicyclic) bond motifs is 9. The van der Waals surface area contributed by atoms with E-state index in [4.69, 9.17) is 15.0 Å². The Bertz CT molecular complexity index is 3240. The Balaban J connectivity index is 0.987. The van der Waals surface area contributed by atoms with Crippen LogP contribution < -0.4 is 0 Å². The molecular formula is C61H43N3. The van der Waals surface area contributed by atoms with Crippen molar-refractivity contribution in [2.24, 2.45) is 0 Å². The van der Waals surface area contributed by atoms with Crippen LogP contribution in [0.3, 0.4) is 0 Å². The van der Waals surface area contributed by atoms with Gasteiger partial charge in [0.2, 0.25) is 0 Å². The molecule has 1 aromatic heterocycles. The van der Waals surface area contributed by atoms with Gasteiger partial charge in [0.25, 0.3) is 0 Å². The zero-order valence-corrected chi connectivity index (χ0v) is 35.7. The average Bonchev–Trinajstić information content (AvgIpc) is 3.67. The van der Waals surface area contributed by atoms with E-state index in [1.54, 1.807) is 0 Å². The average molecular weight is 818 g/mol. The predicted octanol–water partition coefficient (Wildman–Crippen LogP) is 14.9. The van der Waals surface area contributed by atoms with E-state index in [2.05, 4.69) is 226 Å². The van der Waals surface area contributed by atoms with E-state index in [9.17, 15) is 0 Å². The molecule has 0 unspecified atom stereocenters. The third-order valence-corrected chi connectivity index (χ3v) is 13.6. The van der Waals surface area contributed by atoms with Crippen LogP contribution in [0.15, 0.2) is 224 Å². The highest BCUT2D eigenvalue weighted by Crippen LogP contribution is 2.62. The van der Waals surface area contributed by atoms with Gasteiger partial charge in [0.15, 0.2) is 17.5 Å². The Morgan fingerprint density at radius 1 is 0.250 bits per heavy atom. The number of benzene rings is 9. The summed E-state index contributed by atoms with van der Waals surface area (Å²) in [6, 6.07) is 80.9. The molecule has 9 aromatic carbocycles. The van der Waals surface area contributed by atoms with E-state index in [1.807, 2.05) is 12.1 Å².